The summed E-state index contributed by atoms with van der Waals surface area (Å²) >= 11 is 0. The molecule has 5 nitrogen and oxygen atoms in total. The van der Waals surface area contributed by atoms with Gasteiger partial charge in [-0.3, -0.25) is 14.2 Å². The zero-order valence-corrected chi connectivity index (χ0v) is 9.29. The normalized spacial score (nSPS) is 12.8. The summed E-state index contributed by atoms with van der Waals surface area (Å²) < 4.78 is 13.7. The second kappa shape index (κ2) is 5.07. The molecule has 2 N–H and O–H groups in total. The van der Waals surface area contributed by atoms with E-state index >= 15 is 0 Å². The molecule has 1 unspecified atom stereocenters. The monoisotopic (exact) mass is 230 g/mol. The van der Waals surface area contributed by atoms with Crippen molar-refractivity contribution in [2.75, 3.05) is 13.3 Å². The first kappa shape index (κ1) is 12.6. The number of aromatic amines is 1. The van der Waals surface area contributed by atoms with Crippen molar-refractivity contribution >= 4 is 0 Å². The third kappa shape index (κ3) is 2.38. The zero-order valence-electron chi connectivity index (χ0n) is 9.29. The predicted octanol–water partition coefficient (Wildman–Crippen LogP) is -0.497. The summed E-state index contributed by atoms with van der Waals surface area (Å²) in [6.45, 7) is 0.578. The number of aromatic nitrogens is 2. The Hall–Kier alpha value is -1.43. The van der Waals surface area contributed by atoms with Gasteiger partial charge in [-0.15, -0.1) is 0 Å². The van der Waals surface area contributed by atoms with Gasteiger partial charge in [-0.25, -0.2) is 4.79 Å². The van der Waals surface area contributed by atoms with Crippen LogP contribution >= 0.6 is 0 Å². The van der Waals surface area contributed by atoms with Crippen molar-refractivity contribution < 1.29 is 9.50 Å². The summed E-state index contributed by atoms with van der Waals surface area (Å²) in [6, 6.07) is 0. The molecule has 0 radical (unpaired) electrons. The Morgan fingerprint density at radius 1 is 1.50 bits per heavy atom. The van der Waals surface area contributed by atoms with Gasteiger partial charge in [-0.2, -0.15) is 0 Å². The highest BCUT2D eigenvalue weighted by Gasteiger charge is 2.14. The van der Waals surface area contributed by atoms with Gasteiger partial charge in [-0.1, -0.05) is 0 Å². The highest BCUT2D eigenvalue weighted by Crippen LogP contribution is 2.08. The van der Waals surface area contributed by atoms with Crippen molar-refractivity contribution in [3.8, 4) is 0 Å². The highest BCUT2D eigenvalue weighted by molar-refractivity contribution is 5.16. The lowest BCUT2D eigenvalue weighted by Crippen LogP contribution is -2.34. The lowest BCUT2D eigenvalue weighted by molar-refractivity contribution is 0.195. The first-order valence-corrected chi connectivity index (χ1v) is 4.96. The first-order chi connectivity index (χ1) is 7.51. The average Bonchev–Trinajstić information content (AvgIpc) is 2.27. The van der Waals surface area contributed by atoms with E-state index in [0.29, 0.717) is 11.3 Å². The van der Waals surface area contributed by atoms with Crippen LogP contribution < -0.4 is 11.2 Å². The fourth-order valence-electron chi connectivity index (χ4n) is 1.51. The molecule has 0 aliphatic carbocycles. The maximum absolute atomic E-state index is 12.5. The van der Waals surface area contributed by atoms with Crippen molar-refractivity contribution in [2.45, 2.75) is 13.3 Å². The number of alkyl halides is 1. The minimum Gasteiger partial charge on any atom is -0.396 e. The van der Waals surface area contributed by atoms with Gasteiger partial charge < -0.3 is 9.67 Å². The van der Waals surface area contributed by atoms with Gasteiger partial charge in [0.25, 0.3) is 5.56 Å². The molecule has 0 amide bonds. The van der Waals surface area contributed by atoms with Gasteiger partial charge in [0.15, 0.2) is 0 Å². The molecule has 90 valence electrons. The van der Waals surface area contributed by atoms with E-state index in [1.165, 1.54) is 11.6 Å². The van der Waals surface area contributed by atoms with E-state index in [2.05, 4.69) is 4.98 Å². The minimum absolute atomic E-state index is 0.175. The number of rotatable bonds is 4. The zero-order chi connectivity index (χ0) is 12.3. The Kier molecular flexibility index (Phi) is 4.00. The molecule has 0 aliphatic rings. The third-order valence-corrected chi connectivity index (χ3v) is 2.66. The van der Waals surface area contributed by atoms with Gasteiger partial charge in [0.05, 0.1) is 6.67 Å². The number of nitrogens with zero attached hydrogens (tertiary/aromatic N) is 1. The van der Waals surface area contributed by atoms with E-state index in [-0.39, 0.29) is 13.0 Å². The third-order valence-electron chi connectivity index (χ3n) is 2.66. The van der Waals surface area contributed by atoms with Crippen LogP contribution in [0, 0.1) is 12.8 Å². The Bertz CT molecular complexity index is 440. The first-order valence-electron chi connectivity index (χ1n) is 4.96. The fourth-order valence-corrected chi connectivity index (χ4v) is 1.51. The van der Waals surface area contributed by atoms with E-state index in [9.17, 15) is 14.0 Å². The van der Waals surface area contributed by atoms with Crippen molar-refractivity contribution in [1.29, 1.82) is 0 Å². The molecular formula is C10H15FN2O3. The number of aliphatic hydroxyl groups excluding tert-OH is 1. The molecule has 0 aromatic carbocycles. The largest absolute Gasteiger partial charge is 0.396 e. The summed E-state index contributed by atoms with van der Waals surface area (Å²) in [5, 5.41) is 8.89. The fraction of sp³-hybridized carbons (Fsp3) is 0.600. The Balaban J connectivity index is 3.22. The minimum atomic E-state index is -0.684. The average molecular weight is 230 g/mol. The molecule has 0 saturated carbocycles. The number of hydrogen-bond donors (Lipinski definition) is 2. The highest BCUT2D eigenvalue weighted by atomic mass is 19.1. The molecular weight excluding hydrogens is 215 g/mol. The lowest BCUT2D eigenvalue weighted by atomic mass is 10.0. The standard InChI is InChI=1S/C10H15FN2O3/c1-6-8(3-7(4-11)5-14)13(2)10(16)12-9(6)15/h7,14H,3-5H2,1-2H3,(H,12,15,16). The van der Waals surface area contributed by atoms with Crippen LogP contribution in [0.3, 0.4) is 0 Å². The van der Waals surface area contributed by atoms with E-state index in [1.807, 2.05) is 0 Å². The van der Waals surface area contributed by atoms with Gasteiger partial charge >= 0.3 is 5.69 Å². The maximum atomic E-state index is 12.5. The molecule has 16 heavy (non-hydrogen) atoms. The van der Waals surface area contributed by atoms with Crippen molar-refractivity contribution in [2.24, 2.45) is 13.0 Å². The van der Waals surface area contributed by atoms with Crippen LogP contribution in [-0.2, 0) is 13.5 Å². The Morgan fingerprint density at radius 3 is 2.62 bits per heavy atom. The summed E-state index contributed by atoms with van der Waals surface area (Å²) in [5.41, 5.74) is -0.144. The SMILES string of the molecule is Cc1c(CC(CO)CF)n(C)c(=O)[nH]c1=O. The van der Waals surface area contributed by atoms with E-state index in [1.54, 1.807) is 6.92 Å². The number of hydrogen-bond acceptors (Lipinski definition) is 3. The molecule has 1 aromatic heterocycles. The molecule has 1 heterocycles. The van der Waals surface area contributed by atoms with Crippen LogP contribution in [-0.4, -0.2) is 27.9 Å². The maximum Gasteiger partial charge on any atom is 0.328 e. The van der Waals surface area contributed by atoms with Crippen molar-refractivity contribution in [1.82, 2.24) is 9.55 Å². The second-order valence-electron chi connectivity index (χ2n) is 3.80. The number of H-pyrrole nitrogens is 1. The molecule has 0 spiro atoms. The van der Waals surface area contributed by atoms with Crippen LogP contribution in [0.1, 0.15) is 11.3 Å². The summed E-state index contributed by atoms with van der Waals surface area (Å²) in [6.07, 6.45) is 0.175. The summed E-state index contributed by atoms with van der Waals surface area (Å²) in [7, 11) is 1.51. The Morgan fingerprint density at radius 2 is 2.12 bits per heavy atom. The molecule has 1 atom stereocenters. The van der Waals surface area contributed by atoms with Crippen LogP contribution in [0.4, 0.5) is 4.39 Å². The molecule has 0 fully saturated rings. The van der Waals surface area contributed by atoms with E-state index in [0.717, 1.165) is 0 Å². The van der Waals surface area contributed by atoms with E-state index in [4.69, 9.17) is 5.11 Å². The van der Waals surface area contributed by atoms with Gasteiger partial charge in [0, 0.05) is 30.8 Å². The summed E-state index contributed by atoms with van der Waals surface area (Å²) in [5.74, 6) is -0.578. The van der Waals surface area contributed by atoms with Gasteiger partial charge in [0.2, 0.25) is 0 Å². The van der Waals surface area contributed by atoms with Crippen molar-refractivity contribution in [3.05, 3.63) is 32.1 Å². The van der Waals surface area contributed by atoms with Crippen LogP contribution in [0.5, 0.6) is 0 Å². The number of halogens is 1. The molecule has 0 saturated heterocycles. The van der Waals surface area contributed by atoms with Crippen LogP contribution in [0.25, 0.3) is 0 Å². The molecule has 1 aromatic rings. The van der Waals surface area contributed by atoms with Gasteiger partial charge in [0.1, 0.15) is 0 Å². The molecule has 1 rings (SSSR count). The Labute approximate surface area is 91.6 Å². The molecule has 0 bridgehead atoms. The lowest BCUT2D eigenvalue weighted by Gasteiger charge is -2.14. The van der Waals surface area contributed by atoms with Gasteiger partial charge in [-0.05, 0) is 13.3 Å². The number of nitrogens with one attached hydrogen (secondary N) is 1. The topological polar surface area (TPSA) is 75.1 Å². The van der Waals surface area contributed by atoms with E-state index < -0.39 is 23.8 Å². The molecule has 6 heteroatoms. The van der Waals surface area contributed by atoms with Crippen LogP contribution in [0.2, 0.25) is 0 Å². The number of aliphatic hydroxyl groups is 1. The smallest absolute Gasteiger partial charge is 0.328 e. The predicted molar refractivity (Wildman–Crippen MR) is 57.3 cm³/mol. The quantitative estimate of drug-likeness (QED) is 0.732. The second-order valence-corrected chi connectivity index (χ2v) is 3.80. The van der Waals surface area contributed by atoms with Crippen LogP contribution in [0.15, 0.2) is 9.59 Å². The summed E-state index contributed by atoms with van der Waals surface area (Å²) in [4.78, 5) is 24.8. The van der Waals surface area contributed by atoms with Crippen molar-refractivity contribution in [3.63, 3.8) is 0 Å². The molecule has 0 aliphatic heterocycles.